The quantitative estimate of drug-likeness (QED) is 0.478. The van der Waals surface area contributed by atoms with E-state index in [4.69, 9.17) is 0 Å². The van der Waals surface area contributed by atoms with Crippen LogP contribution in [0.15, 0.2) is 4.99 Å². The molecule has 0 fully saturated rings. The topological polar surface area (TPSA) is 25.2 Å². The number of hydrogen-bond donors (Lipinski definition) is 0. The predicted octanol–water partition coefficient (Wildman–Crippen LogP) is 2.49. The van der Waals surface area contributed by atoms with Crippen LogP contribution in [0.3, 0.4) is 0 Å². The second-order valence-electron chi connectivity index (χ2n) is 1.84. The second-order valence-corrected chi connectivity index (χ2v) is 3.21. The summed E-state index contributed by atoms with van der Waals surface area (Å²) in [6.45, 7) is 3.96. The summed E-state index contributed by atoms with van der Waals surface area (Å²) in [5.41, 5.74) is 1.02. The molecule has 1 heterocycles. The smallest absolute Gasteiger partial charge is 0.218 e. The summed E-state index contributed by atoms with van der Waals surface area (Å²) in [6.07, 6.45) is 0. The summed E-state index contributed by atoms with van der Waals surface area (Å²) >= 11 is 5.97. The molecule has 0 bridgehead atoms. The highest BCUT2D eigenvalue weighted by Crippen LogP contribution is 2.22. The van der Waals surface area contributed by atoms with E-state index in [2.05, 4.69) is 27.4 Å². The van der Waals surface area contributed by atoms with Crippen molar-refractivity contribution in [3.8, 4) is 0 Å². The van der Waals surface area contributed by atoms with E-state index >= 15 is 0 Å². The van der Waals surface area contributed by atoms with Crippen molar-refractivity contribution < 1.29 is 0 Å². The largest absolute Gasteiger partial charge is 0.223 e. The first-order valence-electron chi connectivity index (χ1n) is 2.76. The highest BCUT2D eigenvalue weighted by atomic mass is 32.1. The lowest BCUT2D eigenvalue weighted by atomic mass is 10.4. The van der Waals surface area contributed by atoms with E-state index in [9.17, 15) is 0 Å². The first-order valence-corrected chi connectivity index (χ1v) is 3.98. The van der Waals surface area contributed by atoms with Crippen molar-refractivity contribution in [2.24, 2.45) is 4.99 Å². The van der Waals surface area contributed by atoms with Crippen LogP contribution in [-0.4, -0.2) is 10.1 Å². The Labute approximate surface area is 68.6 Å². The molecule has 2 nitrogen and oxygen atoms in total. The van der Waals surface area contributed by atoms with Gasteiger partial charge in [-0.05, 0) is 26.1 Å². The van der Waals surface area contributed by atoms with Crippen LogP contribution in [0.5, 0.6) is 0 Å². The molecule has 0 unspecified atom stereocenters. The van der Waals surface area contributed by atoms with Crippen molar-refractivity contribution in [2.75, 3.05) is 0 Å². The molecular formula is C6H6N2S2. The van der Waals surface area contributed by atoms with Crippen molar-refractivity contribution in [1.82, 2.24) is 4.98 Å². The fraction of sp³-hybridized carbons (Fsp3) is 0.333. The molecule has 0 aliphatic rings. The molecular weight excluding hydrogens is 164 g/mol. The molecule has 4 heteroatoms. The minimum absolute atomic E-state index is 0.699. The summed E-state index contributed by atoms with van der Waals surface area (Å²) in [5.74, 6) is 0. The van der Waals surface area contributed by atoms with Crippen LogP contribution in [0.4, 0.5) is 5.13 Å². The van der Waals surface area contributed by atoms with E-state index in [0.717, 1.165) is 5.69 Å². The minimum atomic E-state index is 0.699. The van der Waals surface area contributed by atoms with E-state index in [1.165, 1.54) is 16.2 Å². The van der Waals surface area contributed by atoms with Gasteiger partial charge in [0.1, 0.15) is 0 Å². The number of aromatic nitrogens is 1. The molecule has 1 aromatic rings. The number of thiocarbonyl (C=S) groups is 1. The van der Waals surface area contributed by atoms with E-state index in [0.29, 0.717) is 5.13 Å². The summed E-state index contributed by atoms with van der Waals surface area (Å²) in [5, 5.41) is 2.98. The number of thiazole rings is 1. The molecule has 0 aromatic carbocycles. The Kier molecular flexibility index (Phi) is 2.27. The SMILES string of the molecule is Cc1nc(N=C=S)sc1C. The Bertz CT molecular complexity index is 264. The zero-order valence-corrected chi connectivity index (χ0v) is 7.34. The number of aryl methyl sites for hydroxylation is 2. The third-order valence-electron chi connectivity index (χ3n) is 1.16. The number of rotatable bonds is 1. The van der Waals surface area contributed by atoms with Crippen LogP contribution in [-0.2, 0) is 0 Å². The average molecular weight is 170 g/mol. The molecule has 0 atom stereocenters. The lowest BCUT2D eigenvalue weighted by molar-refractivity contribution is 1.22. The van der Waals surface area contributed by atoms with Gasteiger partial charge in [0, 0.05) is 4.88 Å². The van der Waals surface area contributed by atoms with Crippen LogP contribution < -0.4 is 0 Å². The Morgan fingerprint density at radius 3 is 2.70 bits per heavy atom. The number of hydrogen-bond acceptors (Lipinski definition) is 4. The summed E-state index contributed by atoms with van der Waals surface area (Å²) in [6, 6.07) is 0. The Morgan fingerprint density at radius 2 is 2.30 bits per heavy atom. The summed E-state index contributed by atoms with van der Waals surface area (Å²) in [4.78, 5) is 9.07. The van der Waals surface area contributed by atoms with Gasteiger partial charge in [0.2, 0.25) is 5.13 Å². The van der Waals surface area contributed by atoms with Crippen molar-refractivity contribution in [1.29, 1.82) is 0 Å². The predicted molar refractivity (Wildman–Crippen MR) is 46.3 cm³/mol. The van der Waals surface area contributed by atoms with Gasteiger partial charge in [-0.1, -0.05) is 11.3 Å². The van der Waals surface area contributed by atoms with Crippen LogP contribution in [0.25, 0.3) is 0 Å². The minimum Gasteiger partial charge on any atom is -0.223 e. The second kappa shape index (κ2) is 3.01. The van der Waals surface area contributed by atoms with Crippen molar-refractivity contribution >= 4 is 33.8 Å². The van der Waals surface area contributed by atoms with E-state index in [1.807, 2.05) is 13.8 Å². The molecule has 1 aromatic heterocycles. The molecule has 0 saturated carbocycles. The number of nitrogens with zero attached hydrogens (tertiary/aromatic N) is 2. The Morgan fingerprint density at radius 1 is 1.60 bits per heavy atom. The van der Waals surface area contributed by atoms with Gasteiger partial charge in [0.25, 0.3) is 0 Å². The standard InChI is InChI=1S/C6H6N2S2/c1-4-5(2)10-6(8-4)7-3-9/h1-2H3. The highest BCUT2D eigenvalue weighted by molar-refractivity contribution is 7.78. The van der Waals surface area contributed by atoms with Gasteiger partial charge >= 0.3 is 0 Å². The van der Waals surface area contributed by atoms with Gasteiger partial charge in [-0.15, -0.1) is 0 Å². The molecule has 52 valence electrons. The van der Waals surface area contributed by atoms with Crippen molar-refractivity contribution in [2.45, 2.75) is 13.8 Å². The lowest BCUT2D eigenvalue weighted by Gasteiger charge is -1.77. The van der Waals surface area contributed by atoms with Crippen LogP contribution >= 0.6 is 23.6 Å². The fourth-order valence-electron chi connectivity index (χ4n) is 0.543. The maximum absolute atomic E-state index is 4.44. The zero-order chi connectivity index (χ0) is 7.56. The normalized spacial score (nSPS) is 9.00. The Hall–Kier alpha value is -0.570. The van der Waals surface area contributed by atoms with Gasteiger partial charge in [0.05, 0.1) is 10.9 Å². The van der Waals surface area contributed by atoms with Crippen molar-refractivity contribution in [3.05, 3.63) is 10.6 Å². The number of aliphatic imine (C=N–C) groups is 1. The van der Waals surface area contributed by atoms with E-state index in [-0.39, 0.29) is 0 Å². The summed E-state index contributed by atoms with van der Waals surface area (Å²) < 4.78 is 0. The molecule has 0 N–H and O–H groups in total. The maximum atomic E-state index is 4.44. The van der Waals surface area contributed by atoms with Crippen LogP contribution in [0, 0.1) is 13.8 Å². The molecule has 0 radical (unpaired) electrons. The third kappa shape index (κ3) is 1.48. The molecule has 10 heavy (non-hydrogen) atoms. The van der Waals surface area contributed by atoms with Gasteiger partial charge in [0.15, 0.2) is 0 Å². The fourth-order valence-corrected chi connectivity index (χ4v) is 1.43. The maximum Gasteiger partial charge on any atom is 0.218 e. The molecule has 0 aliphatic carbocycles. The molecule has 0 amide bonds. The van der Waals surface area contributed by atoms with Crippen LogP contribution in [0.2, 0.25) is 0 Å². The van der Waals surface area contributed by atoms with Gasteiger partial charge < -0.3 is 0 Å². The highest BCUT2D eigenvalue weighted by Gasteiger charge is 1.99. The van der Waals surface area contributed by atoms with E-state index in [1.54, 1.807) is 0 Å². The average Bonchev–Trinajstić information content (AvgIpc) is 2.14. The third-order valence-corrected chi connectivity index (χ3v) is 2.22. The number of isothiocyanates is 1. The molecule has 0 saturated heterocycles. The van der Waals surface area contributed by atoms with Gasteiger partial charge in [-0.2, -0.15) is 4.99 Å². The summed E-state index contributed by atoms with van der Waals surface area (Å²) in [7, 11) is 0. The first-order chi connectivity index (χ1) is 4.74. The first kappa shape index (κ1) is 7.54. The van der Waals surface area contributed by atoms with Gasteiger partial charge in [-0.25, -0.2) is 4.98 Å². The van der Waals surface area contributed by atoms with Crippen LogP contribution in [0.1, 0.15) is 10.6 Å². The Balaban J connectivity index is 3.09. The lowest BCUT2D eigenvalue weighted by Crippen LogP contribution is -1.69. The molecule has 0 spiro atoms. The van der Waals surface area contributed by atoms with E-state index < -0.39 is 0 Å². The van der Waals surface area contributed by atoms with Crippen molar-refractivity contribution in [3.63, 3.8) is 0 Å². The zero-order valence-electron chi connectivity index (χ0n) is 5.71. The van der Waals surface area contributed by atoms with Gasteiger partial charge in [-0.3, -0.25) is 0 Å². The molecule has 0 aliphatic heterocycles. The monoisotopic (exact) mass is 170 g/mol. The molecule has 1 rings (SSSR count).